The maximum atomic E-state index is 14.0. The second-order valence-electron chi connectivity index (χ2n) is 10.2. The van der Waals surface area contributed by atoms with Gasteiger partial charge in [0.25, 0.3) is 0 Å². The Labute approximate surface area is 226 Å². The summed E-state index contributed by atoms with van der Waals surface area (Å²) < 4.78 is -0.693. The highest BCUT2D eigenvalue weighted by molar-refractivity contribution is 8.02. The van der Waals surface area contributed by atoms with Crippen molar-refractivity contribution in [2.75, 3.05) is 18.5 Å². The number of aliphatic hydroxyl groups is 1. The molecule has 5 rings (SSSR count). The first-order valence-electron chi connectivity index (χ1n) is 12.8. The van der Waals surface area contributed by atoms with Gasteiger partial charge in [-0.25, -0.2) is 0 Å². The summed E-state index contributed by atoms with van der Waals surface area (Å²) in [6, 6.07) is 16.0. The van der Waals surface area contributed by atoms with Crippen molar-refractivity contribution in [2.45, 2.75) is 48.8 Å². The van der Waals surface area contributed by atoms with Crippen LogP contribution < -0.4 is 10.6 Å². The van der Waals surface area contributed by atoms with E-state index < -0.39 is 22.6 Å². The smallest absolute Gasteiger partial charge is 0.248 e. The van der Waals surface area contributed by atoms with Crippen molar-refractivity contribution >= 4 is 46.8 Å². The lowest BCUT2D eigenvalue weighted by molar-refractivity contribution is -0.139. The fourth-order valence-corrected chi connectivity index (χ4v) is 9.03. The number of unbranched alkanes of at least 4 members (excludes halogenated alkanes) is 1. The van der Waals surface area contributed by atoms with Gasteiger partial charge < -0.3 is 20.6 Å². The summed E-state index contributed by atoms with van der Waals surface area (Å²) in [7, 11) is 0. The zero-order valence-electron chi connectivity index (χ0n) is 20.7. The maximum absolute atomic E-state index is 14.0. The minimum absolute atomic E-state index is 0.0186. The van der Waals surface area contributed by atoms with Gasteiger partial charge in [0.15, 0.2) is 0 Å². The number of benzene rings is 2. The number of nitrogens with zero attached hydrogens (tertiary/aromatic N) is 1. The predicted octanol–water partition coefficient (Wildman–Crippen LogP) is 3.70. The molecule has 37 heavy (non-hydrogen) atoms. The first kappa shape index (κ1) is 26.1. The Morgan fingerprint density at radius 2 is 1.84 bits per heavy atom. The summed E-state index contributed by atoms with van der Waals surface area (Å²) in [5, 5.41) is 15.8. The molecule has 2 bridgehead atoms. The Bertz CT molecular complexity index is 1180. The highest BCUT2D eigenvalue weighted by Gasteiger charge is 2.75. The van der Waals surface area contributed by atoms with Gasteiger partial charge in [-0.3, -0.25) is 14.4 Å². The number of likely N-dealkylation sites (tertiary alicyclic amines) is 1. The van der Waals surface area contributed by atoms with Gasteiger partial charge >= 0.3 is 0 Å². The number of amides is 3. The van der Waals surface area contributed by atoms with E-state index in [1.54, 1.807) is 40.9 Å². The van der Waals surface area contributed by atoms with Gasteiger partial charge in [-0.15, -0.1) is 11.8 Å². The Hall–Kier alpha value is -2.55. The van der Waals surface area contributed by atoms with Gasteiger partial charge in [-0.05, 0) is 42.9 Å². The van der Waals surface area contributed by atoms with E-state index in [1.807, 2.05) is 30.3 Å². The average molecular weight is 542 g/mol. The van der Waals surface area contributed by atoms with Crippen LogP contribution >= 0.6 is 23.4 Å². The van der Waals surface area contributed by atoms with E-state index in [-0.39, 0.29) is 35.5 Å². The van der Waals surface area contributed by atoms with Crippen molar-refractivity contribution in [1.82, 2.24) is 10.2 Å². The minimum atomic E-state index is -0.725. The van der Waals surface area contributed by atoms with Gasteiger partial charge in [-0.2, -0.15) is 0 Å². The zero-order valence-corrected chi connectivity index (χ0v) is 22.3. The maximum Gasteiger partial charge on any atom is 0.248 e. The predicted molar refractivity (Wildman–Crippen MR) is 145 cm³/mol. The molecule has 3 N–H and O–H groups in total. The molecule has 7 nitrogen and oxygen atoms in total. The molecule has 3 aliphatic rings. The lowest BCUT2D eigenvalue weighted by atomic mass is 9.66. The molecule has 0 aromatic heterocycles. The normalized spacial score (nSPS) is 29.9. The number of thioether (sulfide) groups is 1. The highest BCUT2D eigenvalue weighted by atomic mass is 35.5. The lowest BCUT2D eigenvalue weighted by Crippen LogP contribution is -2.55. The van der Waals surface area contributed by atoms with Crippen molar-refractivity contribution in [1.29, 1.82) is 0 Å². The van der Waals surface area contributed by atoms with E-state index in [0.717, 1.165) is 12.0 Å². The van der Waals surface area contributed by atoms with Crippen molar-refractivity contribution < 1.29 is 19.5 Å². The molecule has 6 atom stereocenters. The Kier molecular flexibility index (Phi) is 7.52. The summed E-state index contributed by atoms with van der Waals surface area (Å²) >= 11 is 7.98. The lowest BCUT2D eigenvalue weighted by Gasteiger charge is -2.38. The first-order chi connectivity index (χ1) is 17.9. The number of anilines is 1. The Morgan fingerprint density at radius 3 is 2.57 bits per heavy atom. The molecule has 196 valence electrons. The third-order valence-electron chi connectivity index (χ3n) is 8.05. The van der Waals surface area contributed by atoms with Gasteiger partial charge in [0.1, 0.15) is 6.04 Å². The molecule has 3 amide bonds. The van der Waals surface area contributed by atoms with Crippen molar-refractivity contribution in [3.63, 3.8) is 0 Å². The largest absolute Gasteiger partial charge is 0.396 e. The standard InChI is InChI=1S/C28H32ClN3O4S/c1-17-15-21-22(25(34)30-16-18-9-3-2-4-10-18)23-27(36)32(13-7-8-14-33)24(28(17,23)37-21)26(35)31-20-12-6-5-11-19(20)29/h2-6,9-12,17,21-24,33H,7-8,13-16H2,1H3,(H,30,34)(H,31,35)/t17?,21-,22+,23+,24?,28?/m1/s1. The quantitative estimate of drug-likeness (QED) is 0.420. The average Bonchev–Trinajstić information content (AvgIpc) is 3.48. The highest BCUT2D eigenvalue weighted by Crippen LogP contribution is 2.68. The number of hydrogen-bond donors (Lipinski definition) is 3. The van der Waals surface area contributed by atoms with Crippen molar-refractivity contribution in [3.05, 3.63) is 65.2 Å². The molecule has 3 heterocycles. The number of carbonyl (C=O) groups is 3. The molecule has 2 aromatic carbocycles. The van der Waals surface area contributed by atoms with Crippen LogP contribution in [-0.4, -0.2) is 56.9 Å². The number of carbonyl (C=O) groups excluding carboxylic acids is 3. The monoisotopic (exact) mass is 541 g/mol. The van der Waals surface area contributed by atoms with Crippen LogP contribution in [-0.2, 0) is 20.9 Å². The molecule has 0 radical (unpaired) electrons. The summed E-state index contributed by atoms with van der Waals surface area (Å²) in [6.45, 7) is 2.87. The Morgan fingerprint density at radius 1 is 1.11 bits per heavy atom. The van der Waals surface area contributed by atoms with E-state index in [1.165, 1.54) is 0 Å². The number of aliphatic hydroxyl groups excluding tert-OH is 1. The third kappa shape index (κ3) is 4.53. The van der Waals surface area contributed by atoms with Crippen molar-refractivity contribution in [3.8, 4) is 0 Å². The number of rotatable bonds is 9. The topological polar surface area (TPSA) is 98.7 Å². The van der Waals surface area contributed by atoms with Gasteiger partial charge in [0, 0.05) is 24.9 Å². The Balaban J connectivity index is 1.45. The van der Waals surface area contributed by atoms with Crippen LogP contribution in [0.4, 0.5) is 5.69 Å². The van der Waals surface area contributed by atoms with Crippen LogP contribution in [0.2, 0.25) is 5.02 Å². The molecular weight excluding hydrogens is 510 g/mol. The van der Waals surface area contributed by atoms with Crippen LogP contribution in [0.15, 0.2) is 54.6 Å². The van der Waals surface area contributed by atoms with E-state index in [4.69, 9.17) is 11.6 Å². The van der Waals surface area contributed by atoms with Gasteiger partial charge in [0.2, 0.25) is 17.7 Å². The summed E-state index contributed by atoms with van der Waals surface area (Å²) in [5.74, 6) is -1.53. The zero-order chi connectivity index (χ0) is 26.2. The third-order valence-corrected chi connectivity index (χ3v) is 10.5. The molecule has 3 unspecified atom stereocenters. The molecule has 9 heteroatoms. The summed E-state index contributed by atoms with van der Waals surface area (Å²) in [4.78, 5) is 43.1. The minimum Gasteiger partial charge on any atom is -0.396 e. The van der Waals surface area contributed by atoms with Gasteiger partial charge in [0.05, 0.1) is 27.3 Å². The number of halogens is 1. The number of hydrogen-bond acceptors (Lipinski definition) is 5. The molecular formula is C28H32ClN3O4S. The molecule has 3 fully saturated rings. The van der Waals surface area contributed by atoms with Gasteiger partial charge in [-0.1, -0.05) is 61.0 Å². The van der Waals surface area contributed by atoms with E-state index >= 15 is 0 Å². The first-order valence-corrected chi connectivity index (χ1v) is 14.1. The molecule has 2 aromatic rings. The van der Waals surface area contributed by atoms with Crippen LogP contribution in [0.25, 0.3) is 0 Å². The second-order valence-corrected chi connectivity index (χ2v) is 12.1. The summed E-state index contributed by atoms with van der Waals surface area (Å²) in [5.41, 5.74) is 1.49. The summed E-state index contributed by atoms with van der Waals surface area (Å²) in [6.07, 6.45) is 1.89. The van der Waals surface area contributed by atoms with E-state index in [9.17, 15) is 19.5 Å². The molecule has 0 aliphatic carbocycles. The fourth-order valence-electron chi connectivity index (χ4n) is 6.42. The number of nitrogens with one attached hydrogen (secondary N) is 2. The van der Waals surface area contributed by atoms with E-state index in [2.05, 4.69) is 17.6 Å². The molecule has 1 spiro atoms. The van der Waals surface area contributed by atoms with Crippen LogP contribution in [0, 0.1) is 17.8 Å². The molecule has 3 aliphatic heterocycles. The van der Waals surface area contributed by atoms with Crippen LogP contribution in [0.3, 0.4) is 0 Å². The molecule has 0 saturated carbocycles. The van der Waals surface area contributed by atoms with Crippen LogP contribution in [0.5, 0.6) is 0 Å². The van der Waals surface area contributed by atoms with Crippen LogP contribution in [0.1, 0.15) is 31.7 Å². The van der Waals surface area contributed by atoms with E-state index in [0.29, 0.717) is 36.6 Å². The number of fused-ring (bicyclic) bond motifs is 1. The SMILES string of the molecule is CC1C[C@H]2SC13C(C(=O)Nc1ccccc1Cl)N(CCCCO)C(=O)[C@@H]3[C@H]2C(=O)NCc1ccccc1. The number of para-hydroxylation sites is 1. The molecule has 3 saturated heterocycles. The fraction of sp³-hybridized carbons (Fsp3) is 0.464. The second kappa shape index (κ2) is 10.7. The van der Waals surface area contributed by atoms with Crippen molar-refractivity contribution in [2.24, 2.45) is 17.8 Å².